The molecule has 0 saturated carbocycles. The Hall–Kier alpha value is -1.46. The lowest BCUT2D eigenvalue weighted by molar-refractivity contribution is -0.142. The lowest BCUT2D eigenvalue weighted by Crippen LogP contribution is -2.57. The van der Waals surface area contributed by atoms with E-state index in [0.717, 1.165) is 0 Å². The maximum atomic E-state index is 13.0. The molecule has 0 aliphatic rings. The summed E-state index contributed by atoms with van der Waals surface area (Å²) >= 11 is 3.02. The summed E-state index contributed by atoms with van der Waals surface area (Å²) in [7, 11) is 0. The SMILES string of the molecule is CSCCC(NC(=O)C(CC(C)C)NC(=O)C(CCSC)NC(=O)C(N)C(C)C)C(=O)O. The second-order valence-corrected chi connectivity index (χ2v) is 10.5. The molecule has 4 atom stereocenters. The molecule has 11 heteroatoms. The van der Waals surface area contributed by atoms with E-state index in [2.05, 4.69) is 16.0 Å². The van der Waals surface area contributed by atoms with Crippen LogP contribution in [0, 0.1) is 11.8 Å². The predicted octanol–water partition coefficient (Wildman–Crippen LogP) is 1.06. The first kappa shape index (κ1) is 30.5. The minimum atomic E-state index is -1.12. The Morgan fingerprint density at radius 2 is 1.22 bits per heavy atom. The smallest absolute Gasteiger partial charge is 0.326 e. The van der Waals surface area contributed by atoms with Gasteiger partial charge in [-0.05, 0) is 55.1 Å². The Kier molecular flexibility index (Phi) is 15.5. The van der Waals surface area contributed by atoms with Crippen LogP contribution in [0.15, 0.2) is 0 Å². The zero-order valence-corrected chi connectivity index (χ0v) is 21.6. The lowest BCUT2D eigenvalue weighted by atomic mass is 10.0. The first-order chi connectivity index (χ1) is 14.9. The maximum Gasteiger partial charge on any atom is 0.326 e. The van der Waals surface area contributed by atoms with Crippen LogP contribution in [0.4, 0.5) is 0 Å². The van der Waals surface area contributed by atoms with Crippen molar-refractivity contribution < 1.29 is 24.3 Å². The normalized spacial score (nSPS) is 15.0. The van der Waals surface area contributed by atoms with E-state index in [1.807, 2.05) is 40.2 Å². The van der Waals surface area contributed by atoms with Crippen LogP contribution in [-0.2, 0) is 19.2 Å². The highest BCUT2D eigenvalue weighted by atomic mass is 32.2. The van der Waals surface area contributed by atoms with Crippen molar-refractivity contribution in [2.24, 2.45) is 17.6 Å². The molecule has 0 aliphatic carbocycles. The van der Waals surface area contributed by atoms with Crippen LogP contribution in [0.1, 0.15) is 47.0 Å². The number of aliphatic carboxylic acids is 1. The molecule has 0 bridgehead atoms. The molecule has 32 heavy (non-hydrogen) atoms. The van der Waals surface area contributed by atoms with Crippen LogP contribution < -0.4 is 21.7 Å². The fourth-order valence-corrected chi connectivity index (χ4v) is 3.76. The summed E-state index contributed by atoms with van der Waals surface area (Å²) in [5, 5.41) is 17.4. The van der Waals surface area contributed by atoms with E-state index < -0.39 is 47.9 Å². The fraction of sp³-hybridized carbons (Fsp3) is 0.810. The predicted molar refractivity (Wildman–Crippen MR) is 132 cm³/mol. The quantitative estimate of drug-likeness (QED) is 0.215. The van der Waals surface area contributed by atoms with Gasteiger partial charge in [0, 0.05) is 0 Å². The van der Waals surface area contributed by atoms with Gasteiger partial charge in [0.25, 0.3) is 0 Å². The summed E-state index contributed by atoms with van der Waals surface area (Å²) in [6, 6.07) is -3.53. The zero-order chi connectivity index (χ0) is 24.8. The molecular weight excluding hydrogens is 452 g/mol. The molecule has 9 nitrogen and oxygen atoms in total. The van der Waals surface area contributed by atoms with Crippen LogP contribution in [-0.4, -0.2) is 77.0 Å². The standard InChI is InChI=1S/C21H40N4O5S2/c1-12(2)11-16(19(27)24-15(21(29)30)8-10-32-6)25-18(26)14(7-9-31-5)23-20(28)17(22)13(3)4/h12-17H,7-11,22H2,1-6H3,(H,23,28)(H,24,27)(H,25,26)(H,29,30). The van der Waals surface area contributed by atoms with Gasteiger partial charge in [0.05, 0.1) is 6.04 Å². The number of rotatable bonds is 16. The number of nitrogens with one attached hydrogen (secondary N) is 3. The van der Waals surface area contributed by atoms with Crippen LogP contribution in [0.3, 0.4) is 0 Å². The number of carbonyl (C=O) groups is 4. The number of carboxylic acid groups (broad SMARTS) is 1. The third-order valence-corrected chi connectivity index (χ3v) is 6.12. The minimum Gasteiger partial charge on any atom is -0.480 e. The third-order valence-electron chi connectivity index (χ3n) is 4.83. The highest BCUT2D eigenvalue weighted by Gasteiger charge is 2.30. The Labute approximate surface area is 200 Å². The molecule has 0 aromatic rings. The van der Waals surface area contributed by atoms with E-state index in [1.165, 1.54) is 23.5 Å². The Balaban J connectivity index is 5.42. The molecule has 6 N–H and O–H groups in total. The molecule has 3 amide bonds. The number of carboxylic acids is 1. The molecule has 0 rings (SSSR count). The Morgan fingerprint density at radius 1 is 0.781 bits per heavy atom. The maximum absolute atomic E-state index is 13.0. The second kappa shape index (κ2) is 16.2. The van der Waals surface area contributed by atoms with Crippen molar-refractivity contribution in [3.8, 4) is 0 Å². The van der Waals surface area contributed by atoms with Gasteiger partial charge in [-0.25, -0.2) is 4.79 Å². The number of hydrogen-bond acceptors (Lipinski definition) is 7. The average molecular weight is 493 g/mol. The van der Waals surface area contributed by atoms with Gasteiger partial charge in [0.2, 0.25) is 17.7 Å². The zero-order valence-electron chi connectivity index (χ0n) is 20.0. The van der Waals surface area contributed by atoms with Crippen molar-refractivity contribution in [3.63, 3.8) is 0 Å². The van der Waals surface area contributed by atoms with Gasteiger partial charge in [-0.2, -0.15) is 23.5 Å². The summed E-state index contributed by atoms with van der Waals surface area (Å²) in [6.45, 7) is 7.45. The molecule has 0 radical (unpaired) electrons. The molecule has 0 saturated heterocycles. The summed E-state index contributed by atoms with van der Waals surface area (Å²) in [5.74, 6) is -1.37. The van der Waals surface area contributed by atoms with E-state index in [1.54, 1.807) is 0 Å². The van der Waals surface area contributed by atoms with E-state index in [0.29, 0.717) is 24.3 Å². The van der Waals surface area contributed by atoms with Gasteiger partial charge in [0.15, 0.2) is 0 Å². The van der Waals surface area contributed by atoms with Crippen molar-refractivity contribution >= 4 is 47.2 Å². The molecule has 0 aliphatic heterocycles. The topological polar surface area (TPSA) is 151 Å². The van der Waals surface area contributed by atoms with Crippen molar-refractivity contribution in [2.75, 3.05) is 24.0 Å². The van der Waals surface area contributed by atoms with Crippen LogP contribution in [0.25, 0.3) is 0 Å². The van der Waals surface area contributed by atoms with Gasteiger partial charge < -0.3 is 26.8 Å². The first-order valence-electron chi connectivity index (χ1n) is 10.8. The Bertz CT molecular complexity index is 619. The highest BCUT2D eigenvalue weighted by Crippen LogP contribution is 2.09. The van der Waals surface area contributed by atoms with Crippen LogP contribution >= 0.6 is 23.5 Å². The first-order valence-corrected chi connectivity index (χ1v) is 13.6. The summed E-state index contributed by atoms with van der Waals surface area (Å²) in [4.78, 5) is 49.7. The van der Waals surface area contributed by atoms with E-state index >= 15 is 0 Å². The number of nitrogens with two attached hydrogens (primary N) is 1. The van der Waals surface area contributed by atoms with Crippen molar-refractivity contribution in [2.45, 2.75) is 71.1 Å². The van der Waals surface area contributed by atoms with Gasteiger partial charge in [-0.15, -0.1) is 0 Å². The Morgan fingerprint density at radius 3 is 1.66 bits per heavy atom. The third kappa shape index (κ3) is 12.0. The fourth-order valence-electron chi connectivity index (χ4n) is 2.82. The van der Waals surface area contributed by atoms with Crippen molar-refractivity contribution in [3.05, 3.63) is 0 Å². The molecular formula is C21H40N4O5S2. The second-order valence-electron chi connectivity index (χ2n) is 8.48. The van der Waals surface area contributed by atoms with E-state index in [-0.39, 0.29) is 18.3 Å². The number of carbonyl (C=O) groups excluding carboxylic acids is 3. The molecule has 4 unspecified atom stereocenters. The molecule has 0 fully saturated rings. The summed E-state index contributed by atoms with van der Waals surface area (Å²) in [5.41, 5.74) is 5.91. The lowest BCUT2D eigenvalue weighted by Gasteiger charge is -2.26. The molecule has 186 valence electrons. The summed E-state index contributed by atoms with van der Waals surface area (Å²) in [6.07, 6.45) is 4.75. The molecule has 0 aromatic heterocycles. The summed E-state index contributed by atoms with van der Waals surface area (Å²) < 4.78 is 0. The van der Waals surface area contributed by atoms with Crippen molar-refractivity contribution in [1.82, 2.24) is 16.0 Å². The van der Waals surface area contributed by atoms with Crippen molar-refractivity contribution in [1.29, 1.82) is 0 Å². The number of amides is 3. The highest BCUT2D eigenvalue weighted by molar-refractivity contribution is 7.98. The molecule has 0 spiro atoms. The average Bonchev–Trinajstić information content (AvgIpc) is 2.71. The number of hydrogen-bond donors (Lipinski definition) is 5. The monoisotopic (exact) mass is 492 g/mol. The minimum absolute atomic E-state index is 0.0779. The molecule has 0 aromatic carbocycles. The van der Waals surface area contributed by atoms with E-state index in [9.17, 15) is 24.3 Å². The van der Waals surface area contributed by atoms with Gasteiger partial charge in [-0.1, -0.05) is 27.7 Å². The number of thioether (sulfide) groups is 2. The largest absolute Gasteiger partial charge is 0.480 e. The van der Waals surface area contributed by atoms with Gasteiger partial charge >= 0.3 is 5.97 Å². The van der Waals surface area contributed by atoms with Gasteiger partial charge in [0.1, 0.15) is 18.1 Å². The molecule has 0 heterocycles. The van der Waals surface area contributed by atoms with E-state index in [4.69, 9.17) is 5.73 Å². The van der Waals surface area contributed by atoms with Gasteiger partial charge in [-0.3, -0.25) is 14.4 Å². The van der Waals surface area contributed by atoms with Crippen LogP contribution in [0.2, 0.25) is 0 Å². The van der Waals surface area contributed by atoms with Crippen LogP contribution in [0.5, 0.6) is 0 Å².